The van der Waals surface area contributed by atoms with Crippen molar-refractivity contribution in [2.45, 2.75) is 32.5 Å². The van der Waals surface area contributed by atoms with Gasteiger partial charge in [-0.2, -0.15) is 4.57 Å². The van der Waals surface area contributed by atoms with E-state index in [2.05, 4.69) is 36.9 Å². The van der Waals surface area contributed by atoms with Gasteiger partial charge in [-0.15, -0.1) is 0 Å². The molecule has 0 aromatic carbocycles. The second kappa shape index (κ2) is 3.69. The zero-order chi connectivity index (χ0) is 8.43. The maximum Gasteiger partial charge on any atom is 0.387 e. The Balaban J connectivity index is 2.52. The molecular weight excluding hydrogens is 152 g/mol. The zero-order valence-corrected chi connectivity index (χ0v) is 9.20. The van der Waals surface area contributed by atoms with Gasteiger partial charge in [-0.1, -0.05) is 0 Å². The van der Waals surface area contributed by atoms with Gasteiger partial charge in [0.05, 0.1) is 6.55 Å². The molecule has 0 bridgehead atoms. The van der Waals surface area contributed by atoms with E-state index in [0.717, 1.165) is 12.1 Å². The molecule has 2 unspecified atom stereocenters. The summed E-state index contributed by atoms with van der Waals surface area (Å²) in [6, 6.07) is 1.53. The van der Waals surface area contributed by atoms with Crippen LogP contribution >= 0.6 is 0 Å². The highest BCUT2D eigenvalue weighted by Crippen LogP contribution is 2.12. The third kappa shape index (κ3) is 2.04. The van der Waals surface area contributed by atoms with Crippen LogP contribution in [0.3, 0.4) is 0 Å². The van der Waals surface area contributed by atoms with E-state index in [-0.39, 0.29) is 0 Å². The predicted molar refractivity (Wildman–Crippen MR) is 51.3 cm³/mol. The van der Waals surface area contributed by atoms with E-state index >= 15 is 0 Å². The van der Waals surface area contributed by atoms with Crippen molar-refractivity contribution in [1.29, 1.82) is 0 Å². The number of rotatable bonds is 1. The van der Waals surface area contributed by atoms with E-state index in [4.69, 9.17) is 0 Å². The lowest BCUT2D eigenvalue weighted by atomic mass is 10.2. The minimum Gasteiger partial charge on any atom is -0.303 e. The third-order valence-electron chi connectivity index (χ3n) is 2.47. The molecule has 1 rings (SSSR count). The number of hydrogen-bond acceptors (Lipinski definition) is 2. The molecule has 1 fully saturated rings. The number of likely N-dealkylation sites (N-methyl/N-ethyl adjacent to an activating group) is 1. The Labute approximate surface area is 72.5 Å². The first kappa shape index (κ1) is 9.23. The summed E-state index contributed by atoms with van der Waals surface area (Å²) in [7, 11) is 2.73. The van der Waals surface area contributed by atoms with Crippen molar-refractivity contribution < 1.29 is 0 Å². The van der Waals surface area contributed by atoms with Crippen LogP contribution in [0.25, 0.3) is 0 Å². The van der Waals surface area contributed by atoms with Gasteiger partial charge in [0.2, 0.25) is 0 Å². The summed E-state index contributed by atoms with van der Waals surface area (Å²) >= 11 is 0. The van der Waals surface area contributed by atoms with Crippen LogP contribution in [0.15, 0.2) is 0 Å². The van der Waals surface area contributed by atoms with Crippen LogP contribution in [0.4, 0.5) is 0 Å². The van der Waals surface area contributed by atoms with Gasteiger partial charge in [0, 0.05) is 25.2 Å². The lowest BCUT2D eigenvalue weighted by Gasteiger charge is -2.37. The van der Waals surface area contributed by atoms with Gasteiger partial charge in [-0.25, -0.2) is 0 Å². The van der Waals surface area contributed by atoms with E-state index in [1.54, 1.807) is 0 Å². The largest absolute Gasteiger partial charge is 0.387 e. The Hall–Kier alpha value is 0.137. The summed E-state index contributed by atoms with van der Waals surface area (Å²) in [4.78, 5) is 2.43. The molecule has 0 spiro atoms. The topological polar surface area (TPSA) is 6.48 Å². The van der Waals surface area contributed by atoms with E-state index in [1.165, 1.54) is 13.1 Å². The van der Waals surface area contributed by atoms with E-state index in [9.17, 15) is 0 Å². The molecule has 1 heterocycles. The molecule has 0 aliphatic carbocycles. The standard InChI is InChI=1S/C8H19N2Si/c1-7-5-9(3)6-8(2)10(7)11-4/h7-8,11H,5-6H2,1-4H3/q+1. The van der Waals surface area contributed by atoms with Crippen LogP contribution in [0.5, 0.6) is 0 Å². The van der Waals surface area contributed by atoms with Crippen LogP contribution in [0.1, 0.15) is 13.8 Å². The monoisotopic (exact) mass is 171 g/mol. The second-order valence-corrected chi connectivity index (χ2v) is 4.74. The minimum absolute atomic E-state index is 0.511. The SMILES string of the molecule is C[SiH+]N1C(C)CN(C)CC1C. The first-order chi connectivity index (χ1) is 5.15. The van der Waals surface area contributed by atoms with E-state index < -0.39 is 0 Å². The number of nitrogens with zero attached hydrogens (tertiary/aromatic N) is 2. The van der Waals surface area contributed by atoms with Crippen LogP contribution < -0.4 is 0 Å². The summed E-state index contributed by atoms with van der Waals surface area (Å²) in [5, 5.41) is 0. The maximum absolute atomic E-state index is 2.65. The summed E-state index contributed by atoms with van der Waals surface area (Å²) in [6.07, 6.45) is 0. The molecular formula is C8H19N2Si+. The number of piperazine rings is 1. The molecule has 2 atom stereocenters. The highest BCUT2D eigenvalue weighted by Gasteiger charge is 2.32. The molecule has 2 nitrogen and oxygen atoms in total. The van der Waals surface area contributed by atoms with E-state index in [0.29, 0.717) is 9.68 Å². The number of hydrogen-bond donors (Lipinski definition) is 0. The van der Waals surface area contributed by atoms with Crippen molar-refractivity contribution in [3.05, 3.63) is 0 Å². The van der Waals surface area contributed by atoms with Crippen molar-refractivity contribution in [3.63, 3.8) is 0 Å². The van der Waals surface area contributed by atoms with Gasteiger partial charge in [0.15, 0.2) is 0 Å². The van der Waals surface area contributed by atoms with Crippen molar-refractivity contribution in [2.75, 3.05) is 20.1 Å². The van der Waals surface area contributed by atoms with E-state index in [1.807, 2.05) is 0 Å². The predicted octanol–water partition coefficient (Wildman–Crippen LogP) is 0.410. The highest BCUT2D eigenvalue weighted by atomic mass is 28.2. The first-order valence-electron chi connectivity index (χ1n) is 4.40. The fourth-order valence-corrected chi connectivity index (χ4v) is 3.32. The zero-order valence-electron chi connectivity index (χ0n) is 8.04. The molecule has 3 heteroatoms. The molecule has 11 heavy (non-hydrogen) atoms. The first-order valence-corrected chi connectivity index (χ1v) is 6.07. The quantitative estimate of drug-likeness (QED) is 0.527. The van der Waals surface area contributed by atoms with Crippen LogP contribution in [0.2, 0.25) is 6.55 Å². The van der Waals surface area contributed by atoms with Crippen LogP contribution in [0, 0.1) is 0 Å². The molecule has 1 saturated heterocycles. The van der Waals surface area contributed by atoms with Gasteiger partial charge in [-0.3, -0.25) is 0 Å². The molecule has 1 aliphatic rings. The van der Waals surface area contributed by atoms with Gasteiger partial charge in [0.1, 0.15) is 0 Å². The molecule has 64 valence electrons. The van der Waals surface area contributed by atoms with Crippen LogP contribution in [-0.4, -0.2) is 51.4 Å². The van der Waals surface area contributed by atoms with Crippen molar-refractivity contribution in [1.82, 2.24) is 9.47 Å². The summed E-state index contributed by atoms with van der Waals surface area (Å²) in [6.45, 7) is 9.49. The molecule has 0 aromatic heterocycles. The Kier molecular flexibility index (Phi) is 3.10. The fraction of sp³-hybridized carbons (Fsp3) is 1.00. The average Bonchev–Trinajstić information content (AvgIpc) is 1.85. The Bertz CT molecular complexity index is 117. The molecule has 0 saturated carbocycles. The highest BCUT2D eigenvalue weighted by molar-refractivity contribution is 6.30. The van der Waals surface area contributed by atoms with Crippen LogP contribution in [-0.2, 0) is 0 Å². The summed E-state index contributed by atoms with van der Waals surface area (Å²) in [5.41, 5.74) is 0. The molecule has 0 aromatic rings. The van der Waals surface area contributed by atoms with Gasteiger partial charge >= 0.3 is 9.68 Å². The molecule has 1 aliphatic heterocycles. The molecule has 0 amide bonds. The van der Waals surface area contributed by atoms with Crippen molar-refractivity contribution in [2.24, 2.45) is 0 Å². The summed E-state index contributed by atoms with van der Waals surface area (Å²) < 4.78 is 2.65. The fourth-order valence-electron chi connectivity index (χ4n) is 2.11. The maximum atomic E-state index is 2.65. The minimum atomic E-state index is 0.511. The Morgan fingerprint density at radius 2 is 1.64 bits per heavy atom. The lowest BCUT2D eigenvalue weighted by Crippen LogP contribution is -2.56. The van der Waals surface area contributed by atoms with Gasteiger partial charge < -0.3 is 4.90 Å². The third-order valence-corrected chi connectivity index (χ3v) is 4.08. The Morgan fingerprint density at radius 3 is 2.00 bits per heavy atom. The van der Waals surface area contributed by atoms with Crippen molar-refractivity contribution >= 4 is 9.68 Å². The Morgan fingerprint density at radius 1 is 1.18 bits per heavy atom. The van der Waals surface area contributed by atoms with Crippen molar-refractivity contribution in [3.8, 4) is 0 Å². The smallest absolute Gasteiger partial charge is 0.303 e. The molecule has 0 radical (unpaired) electrons. The lowest BCUT2D eigenvalue weighted by molar-refractivity contribution is 0.123. The average molecular weight is 171 g/mol. The summed E-state index contributed by atoms with van der Waals surface area (Å²) in [5.74, 6) is 0. The normalized spacial score (nSPS) is 35.6. The van der Waals surface area contributed by atoms with Gasteiger partial charge in [-0.05, 0) is 20.9 Å². The molecule has 0 N–H and O–H groups in total. The van der Waals surface area contributed by atoms with Gasteiger partial charge in [0.25, 0.3) is 0 Å². The second-order valence-electron chi connectivity index (χ2n) is 3.62.